The SMILES string of the molecule is N[C@@H]1CC[C@@H]1NC(=O)CCn1nnc2ccccc21. The smallest absolute Gasteiger partial charge is 0.222 e. The van der Waals surface area contributed by atoms with E-state index in [-0.39, 0.29) is 18.0 Å². The van der Waals surface area contributed by atoms with Gasteiger partial charge in [0.1, 0.15) is 5.52 Å². The van der Waals surface area contributed by atoms with Gasteiger partial charge in [-0.2, -0.15) is 0 Å². The number of hydrogen-bond donors (Lipinski definition) is 2. The summed E-state index contributed by atoms with van der Waals surface area (Å²) >= 11 is 0. The Labute approximate surface area is 111 Å². The molecule has 1 aliphatic carbocycles. The van der Waals surface area contributed by atoms with Crippen LogP contribution in [0.1, 0.15) is 19.3 Å². The molecule has 1 aromatic carbocycles. The molecule has 1 fully saturated rings. The van der Waals surface area contributed by atoms with Crippen LogP contribution in [0.25, 0.3) is 11.0 Å². The van der Waals surface area contributed by atoms with Crippen LogP contribution in [0.5, 0.6) is 0 Å². The van der Waals surface area contributed by atoms with Gasteiger partial charge in [-0.3, -0.25) is 4.79 Å². The first-order chi connectivity index (χ1) is 9.24. The van der Waals surface area contributed by atoms with Crippen LogP contribution in [0.15, 0.2) is 24.3 Å². The lowest BCUT2D eigenvalue weighted by molar-refractivity contribution is -0.122. The summed E-state index contributed by atoms with van der Waals surface area (Å²) in [6.45, 7) is 0.536. The van der Waals surface area contributed by atoms with Gasteiger partial charge in [0, 0.05) is 18.5 Å². The fourth-order valence-corrected chi connectivity index (χ4v) is 2.27. The van der Waals surface area contributed by atoms with Crippen molar-refractivity contribution in [3.63, 3.8) is 0 Å². The van der Waals surface area contributed by atoms with Crippen LogP contribution in [0.3, 0.4) is 0 Å². The lowest BCUT2D eigenvalue weighted by Gasteiger charge is -2.34. The third-order valence-electron chi connectivity index (χ3n) is 3.65. The van der Waals surface area contributed by atoms with Crippen LogP contribution in [-0.4, -0.2) is 33.0 Å². The molecular formula is C13H17N5O. The van der Waals surface area contributed by atoms with E-state index in [0.717, 1.165) is 23.9 Å². The summed E-state index contributed by atoms with van der Waals surface area (Å²) in [4.78, 5) is 11.8. The third-order valence-corrected chi connectivity index (χ3v) is 3.65. The number of rotatable bonds is 4. The maximum absolute atomic E-state index is 11.8. The fourth-order valence-electron chi connectivity index (χ4n) is 2.27. The first-order valence-corrected chi connectivity index (χ1v) is 6.57. The van der Waals surface area contributed by atoms with Gasteiger partial charge in [-0.15, -0.1) is 5.10 Å². The second-order valence-electron chi connectivity index (χ2n) is 4.97. The minimum atomic E-state index is 0.0275. The molecule has 2 atom stereocenters. The first-order valence-electron chi connectivity index (χ1n) is 6.57. The number of fused-ring (bicyclic) bond motifs is 1. The van der Waals surface area contributed by atoms with Crippen LogP contribution in [0.4, 0.5) is 0 Å². The zero-order valence-corrected chi connectivity index (χ0v) is 10.6. The highest BCUT2D eigenvalue weighted by Gasteiger charge is 2.28. The summed E-state index contributed by atoms with van der Waals surface area (Å²) in [6.07, 6.45) is 2.38. The van der Waals surface area contributed by atoms with E-state index < -0.39 is 0 Å². The average Bonchev–Trinajstić information content (AvgIpc) is 2.84. The fraction of sp³-hybridized carbons (Fsp3) is 0.462. The van der Waals surface area contributed by atoms with Crippen molar-refractivity contribution in [3.05, 3.63) is 24.3 Å². The highest BCUT2D eigenvalue weighted by Crippen LogP contribution is 2.17. The van der Waals surface area contributed by atoms with Crippen LogP contribution < -0.4 is 11.1 Å². The Bertz CT molecular complexity index is 593. The van der Waals surface area contributed by atoms with E-state index in [1.54, 1.807) is 4.68 Å². The molecule has 0 spiro atoms. The molecule has 100 valence electrons. The number of hydrogen-bond acceptors (Lipinski definition) is 4. The first kappa shape index (κ1) is 12.1. The molecule has 1 amide bonds. The lowest BCUT2D eigenvalue weighted by Crippen LogP contribution is -2.54. The number of carbonyl (C=O) groups is 1. The maximum Gasteiger partial charge on any atom is 0.222 e. The number of amides is 1. The van der Waals surface area contributed by atoms with E-state index in [0.29, 0.717) is 13.0 Å². The Morgan fingerprint density at radius 1 is 1.42 bits per heavy atom. The second-order valence-corrected chi connectivity index (χ2v) is 4.97. The predicted molar refractivity (Wildman–Crippen MR) is 71.3 cm³/mol. The molecule has 6 heteroatoms. The van der Waals surface area contributed by atoms with E-state index in [9.17, 15) is 4.79 Å². The van der Waals surface area contributed by atoms with Crippen molar-refractivity contribution in [3.8, 4) is 0 Å². The number of aryl methyl sites for hydroxylation is 1. The van der Waals surface area contributed by atoms with Crippen molar-refractivity contribution in [2.45, 2.75) is 37.9 Å². The van der Waals surface area contributed by atoms with Crippen molar-refractivity contribution in [2.24, 2.45) is 5.73 Å². The Morgan fingerprint density at radius 3 is 3.00 bits per heavy atom. The lowest BCUT2D eigenvalue weighted by atomic mass is 9.87. The quantitative estimate of drug-likeness (QED) is 0.833. The van der Waals surface area contributed by atoms with Crippen molar-refractivity contribution in [1.82, 2.24) is 20.3 Å². The molecule has 1 saturated carbocycles. The van der Waals surface area contributed by atoms with Gasteiger partial charge in [0.2, 0.25) is 5.91 Å². The number of para-hydroxylation sites is 1. The van der Waals surface area contributed by atoms with Gasteiger partial charge in [-0.1, -0.05) is 17.3 Å². The Kier molecular flexibility index (Phi) is 3.16. The highest BCUT2D eigenvalue weighted by molar-refractivity contribution is 5.77. The Balaban J connectivity index is 1.58. The Morgan fingerprint density at radius 2 is 2.26 bits per heavy atom. The van der Waals surface area contributed by atoms with E-state index in [4.69, 9.17) is 5.73 Å². The van der Waals surface area contributed by atoms with Gasteiger partial charge >= 0.3 is 0 Å². The van der Waals surface area contributed by atoms with E-state index >= 15 is 0 Å². The molecule has 6 nitrogen and oxygen atoms in total. The maximum atomic E-state index is 11.8. The van der Waals surface area contributed by atoms with Gasteiger partial charge in [-0.05, 0) is 25.0 Å². The number of nitrogens with two attached hydrogens (primary N) is 1. The van der Waals surface area contributed by atoms with Crippen LogP contribution >= 0.6 is 0 Å². The Hall–Kier alpha value is -1.95. The topological polar surface area (TPSA) is 85.8 Å². The standard InChI is InChI=1S/C13H17N5O/c14-9-5-6-10(9)15-13(19)7-8-18-12-4-2-1-3-11(12)16-17-18/h1-4,9-10H,5-8,14H2,(H,15,19)/t9-,10+/m1/s1. The van der Waals surface area contributed by atoms with Crippen molar-refractivity contribution >= 4 is 16.9 Å². The highest BCUT2D eigenvalue weighted by atomic mass is 16.1. The van der Waals surface area contributed by atoms with Gasteiger partial charge < -0.3 is 11.1 Å². The molecule has 2 aromatic rings. The van der Waals surface area contributed by atoms with Crippen molar-refractivity contribution < 1.29 is 4.79 Å². The van der Waals surface area contributed by atoms with Crippen molar-refractivity contribution in [2.75, 3.05) is 0 Å². The molecule has 19 heavy (non-hydrogen) atoms. The molecule has 1 heterocycles. The summed E-state index contributed by atoms with van der Waals surface area (Å²) in [6, 6.07) is 8.00. The minimum absolute atomic E-state index is 0.0275. The molecule has 3 N–H and O–H groups in total. The summed E-state index contributed by atoms with van der Waals surface area (Å²) < 4.78 is 1.76. The summed E-state index contributed by atoms with van der Waals surface area (Å²) in [5.41, 5.74) is 7.60. The molecule has 1 aliphatic rings. The molecule has 1 aromatic heterocycles. The monoisotopic (exact) mass is 259 g/mol. The minimum Gasteiger partial charge on any atom is -0.352 e. The van der Waals surface area contributed by atoms with Crippen molar-refractivity contribution in [1.29, 1.82) is 0 Å². The van der Waals surface area contributed by atoms with Crippen LogP contribution in [0.2, 0.25) is 0 Å². The summed E-state index contributed by atoms with van der Waals surface area (Å²) in [5, 5.41) is 11.1. The second kappa shape index (κ2) is 4.97. The van der Waals surface area contributed by atoms with Crippen LogP contribution in [0, 0.1) is 0 Å². The van der Waals surface area contributed by atoms with Gasteiger partial charge in [-0.25, -0.2) is 4.68 Å². The molecule has 0 aliphatic heterocycles. The molecule has 0 unspecified atom stereocenters. The normalized spacial score (nSPS) is 22.2. The molecule has 0 radical (unpaired) electrons. The number of carbonyl (C=O) groups excluding carboxylic acids is 1. The van der Waals surface area contributed by atoms with E-state index in [1.807, 2.05) is 24.3 Å². The largest absolute Gasteiger partial charge is 0.352 e. The summed E-state index contributed by atoms with van der Waals surface area (Å²) in [7, 11) is 0. The third kappa shape index (κ3) is 2.44. The van der Waals surface area contributed by atoms with Gasteiger partial charge in [0.05, 0.1) is 12.1 Å². The molecular weight excluding hydrogens is 242 g/mol. The molecule has 0 bridgehead atoms. The number of nitrogens with zero attached hydrogens (tertiary/aromatic N) is 3. The molecule has 3 rings (SSSR count). The molecule has 0 saturated heterocycles. The predicted octanol–water partition coefficient (Wildman–Crippen LogP) is 0.427. The summed E-state index contributed by atoms with van der Waals surface area (Å²) in [5.74, 6) is 0.0275. The zero-order valence-electron chi connectivity index (χ0n) is 10.6. The van der Waals surface area contributed by atoms with E-state index in [2.05, 4.69) is 15.6 Å². The zero-order chi connectivity index (χ0) is 13.2. The van der Waals surface area contributed by atoms with E-state index in [1.165, 1.54) is 0 Å². The van der Waals surface area contributed by atoms with Gasteiger partial charge in [0.15, 0.2) is 0 Å². The van der Waals surface area contributed by atoms with Gasteiger partial charge in [0.25, 0.3) is 0 Å². The number of benzene rings is 1. The number of aromatic nitrogens is 3. The number of nitrogens with one attached hydrogen (secondary N) is 1. The average molecular weight is 259 g/mol. The van der Waals surface area contributed by atoms with Crippen LogP contribution in [-0.2, 0) is 11.3 Å².